The first-order valence-corrected chi connectivity index (χ1v) is 9.45. The zero-order valence-electron chi connectivity index (χ0n) is 12.7. The van der Waals surface area contributed by atoms with Crippen LogP contribution in [0.1, 0.15) is 39.5 Å². The molecule has 1 aliphatic carbocycles. The minimum absolute atomic E-state index is 0.393. The van der Waals surface area contributed by atoms with Gasteiger partial charge in [0.05, 0.1) is 22.7 Å². The van der Waals surface area contributed by atoms with Crippen LogP contribution in [0, 0.1) is 5.41 Å². The van der Waals surface area contributed by atoms with Crippen molar-refractivity contribution in [2.75, 3.05) is 16.3 Å². The lowest BCUT2D eigenvalue weighted by Crippen LogP contribution is -2.30. The van der Waals surface area contributed by atoms with E-state index in [2.05, 4.69) is 23.9 Å². The van der Waals surface area contributed by atoms with Crippen LogP contribution in [-0.2, 0) is 10.0 Å². The summed E-state index contributed by atoms with van der Waals surface area (Å²) in [6.07, 6.45) is 5.71. The highest BCUT2D eigenvalue weighted by atomic mass is 35.5. The topological polar surface area (TPSA) is 58.2 Å². The van der Waals surface area contributed by atoms with Crippen LogP contribution in [0.4, 0.5) is 11.4 Å². The number of benzene rings is 1. The minimum atomic E-state index is -3.28. The quantitative estimate of drug-likeness (QED) is 0.874. The Morgan fingerprint density at radius 3 is 2.43 bits per heavy atom. The smallest absolute Gasteiger partial charge is 0.229 e. The molecule has 6 heteroatoms. The molecule has 1 saturated carbocycles. The second kappa shape index (κ2) is 6.05. The monoisotopic (exact) mass is 330 g/mol. The second-order valence-electron chi connectivity index (χ2n) is 6.65. The molecule has 0 amide bonds. The van der Waals surface area contributed by atoms with Gasteiger partial charge in [-0.05, 0) is 49.3 Å². The summed E-state index contributed by atoms with van der Waals surface area (Å²) in [5.41, 5.74) is 1.73. The molecule has 0 aromatic heterocycles. The Labute approximate surface area is 132 Å². The SMILES string of the molecule is CC1(C)CCC(Nc2cc(NS(C)(=O)=O)ccc2Cl)CC1. The van der Waals surface area contributed by atoms with E-state index in [1.807, 2.05) is 0 Å². The first kappa shape index (κ1) is 16.4. The van der Waals surface area contributed by atoms with Gasteiger partial charge in [0.15, 0.2) is 0 Å². The molecule has 0 saturated heterocycles. The third-order valence-corrected chi connectivity index (χ3v) is 4.90. The maximum atomic E-state index is 11.3. The summed E-state index contributed by atoms with van der Waals surface area (Å²) in [6, 6.07) is 5.52. The fourth-order valence-electron chi connectivity index (χ4n) is 2.68. The Balaban J connectivity index is 2.08. The zero-order valence-corrected chi connectivity index (χ0v) is 14.3. The third kappa shape index (κ3) is 5.08. The first-order chi connectivity index (χ1) is 9.65. The van der Waals surface area contributed by atoms with Gasteiger partial charge >= 0.3 is 0 Å². The van der Waals surface area contributed by atoms with Crippen molar-refractivity contribution in [1.29, 1.82) is 0 Å². The van der Waals surface area contributed by atoms with Crippen LogP contribution in [0.2, 0.25) is 5.02 Å². The van der Waals surface area contributed by atoms with E-state index in [9.17, 15) is 8.42 Å². The predicted octanol–water partition coefficient (Wildman–Crippen LogP) is 4.09. The molecule has 118 valence electrons. The summed E-state index contributed by atoms with van der Waals surface area (Å²) in [5, 5.41) is 4.06. The molecule has 0 aliphatic heterocycles. The van der Waals surface area contributed by atoms with Crippen LogP contribution in [-0.4, -0.2) is 20.7 Å². The Kier molecular flexibility index (Phi) is 4.73. The maximum absolute atomic E-state index is 11.3. The average molecular weight is 331 g/mol. The predicted molar refractivity (Wildman–Crippen MR) is 89.6 cm³/mol. The molecule has 4 nitrogen and oxygen atoms in total. The Morgan fingerprint density at radius 1 is 1.24 bits per heavy atom. The Bertz CT molecular complexity index is 604. The molecule has 1 aromatic carbocycles. The molecule has 0 spiro atoms. The molecule has 1 fully saturated rings. The number of anilines is 2. The summed E-state index contributed by atoms with van der Waals surface area (Å²) >= 11 is 6.20. The van der Waals surface area contributed by atoms with E-state index in [0.717, 1.165) is 24.8 Å². The van der Waals surface area contributed by atoms with Crippen molar-refractivity contribution in [3.05, 3.63) is 23.2 Å². The summed E-state index contributed by atoms with van der Waals surface area (Å²) in [6.45, 7) is 4.60. The molecule has 2 rings (SSSR count). The Morgan fingerprint density at radius 2 is 1.86 bits per heavy atom. The number of sulfonamides is 1. The first-order valence-electron chi connectivity index (χ1n) is 7.19. The van der Waals surface area contributed by atoms with Crippen molar-refractivity contribution in [1.82, 2.24) is 0 Å². The van der Waals surface area contributed by atoms with Crippen molar-refractivity contribution in [2.45, 2.75) is 45.6 Å². The molecule has 1 aliphatic rings. The van der Waals surface area contributed by atoms with Crippen LogP contribution in [0.25, 0.3) is 0 Å². The summed E-state index contributed by atoms with van der Waals surface area (Å²) < 4.78 is 25.1. The molecule has 0 radical (unpaired) electrons. The van der Waals surface area contributed by atoms with Gasteiger partial charge in [-0.25, -0.2) is 8.42 Å². The molecular formula is C15H23ClN2O2S. The van der Waals surface area contributed by atoms with Gasteiger partial charge in [0.25, 0.3) is 0 Å². The highest BCUT2D eigenvalue weighted by Gasteiger charge is 2.26. The van der Waals surface area contributed by atoms with Gasteiger partial charge in [-0.1, -0.05) is 25.4 Å². The number of nitrogens with one attached hydrogen (secondary N) is 2. The highest BCUT2D eigenvalue weighted by Crippen LogP contribution is 2.37. The number of hydrogen-bond acceptors (Lipinski definition) is 3. The molecule has 21 heavy (non-hydrogen) atoms. The summed E-state index contributed by atoms with van der Waals surface area (Å²) in [7, 11) is -3.28. The van der Waals surface area contributed by atoms with Crippen molar-refractivity contribution < 1.29 is 8.42 Å². The van der Waals surface area contributed by atoms with Crippen molar-refractivity contribution in [2.24, 2.45) is 5.41 Å². The van der Waals surface area contributed by atoms with E-state index in [1.165, 1.54) is 12.8 Å². The fraction of sp³-hybridized carbons (Fsp3) is 0.600. The average Bonchev–Trinajstić information content (AvgIpc) is 2.34. The molecule has 0 heterocycles. The van der Waals surface area contributed by atoms with Crippen LogP contribution < -0.4 is 10.0 Å². The van der Waals surface area contributed by atoms with E-state index in [0.29, 0.717) is 22.2 Å². The molecule has 0 bridgehead atoms. The van der Waals surface area contributed by atoms with E-state index < -0.39 is 10.0 Å². The normalized spacial score (nSPS) is 19.2. The molecular weight excluding hydrogens is 308 g/mol. The van der Waals surface area contributed by atoms with E-state index in [-0.39, 0.29) is 0 Å². The lowest BCUT2D eigenvalue weighted by molar-refractivity contribution is 0.232. The number of rotatable bonds is 4. The third-order valence-electron chi connectivity index (χ3n) is 3.97. The lowest BCUT2D eigenvalue weighted by atomic mass is 9.75. The van der Waals surface area contributed by atoms with Crippen LogP contribution >= 0.6 is 11.6 Å². The van der Waals surface area contributed by atoms with Crippen molar-refractivity contribution >= 4 is 33.0 Å². The van der Waals surface area contributed by atoms with Gasteiger partial charge in [-0.3, -0.25) is 4.72 Å². The van der Waals surface area contributed by atoms with Gasteiger partial charge in [0.2, 0.25) is 10.0 Å². The summed E-state index contributed by atoms with van der Waals surface area (Å²) in [5.74, 6) is 0. The van der Waals surface area contributed by atoms with Crippen molar-refractivity contribution in [3.8, 4) is 0 Å². The molecule has 0 atom stereocenters. The van der Waals surface area contributed by atoms with E-state index in [4.69, 9.17) is 11.6 Å². The highest BCUT2D eigenvalue weighted by molar-refractivity contribution is 7.92. The van der Waals surface area contributed by atoms with Crippen LogP contribution in [0.3, 0.4) is 0 Å². The largest absolute Gasteiger partial charge is 0.381 e. The van der Waals surface area contributed by atoms with Gasteiger partial charge in [-0.2, -0.15) is 0 Å². The number of halogens is 1. The van der Waals surface area contributed by atoms with Gasteiger partial charge < -0.3 is 5.32 Å². The standard InChI is InChI=1S/C15H23ClN2O2S/c1-15(2)8-6-11(7-9-15)17-14-10-12(4-5-13(14)16)18-21(3,19)20/h4-5,10-11,17-18H,6-9H2,1-3H3. The van der Waals surface area contributed by atoms with Gasteiger partial charge in [0, 0.05) is 6.04 Å². The van der Waals surface area contributed by atoms with E-state index >= 15 is 0 Å². The van der Waals surface area contributed by atoms with Gasteiger partial charge in [-0.15, -0.1) is 0 Å². The fourth-order valence-corrected chi connectivity index (χ4v) is 3.40. The molecule has 0 unspecified atom stereocenters. The summed E-state index contributed by atoms with van der Waals surface area (Å²) in [4.78, 5) is 0. The van der Waals surface area contributed by atoms with E-state index in [1.54, 1.807) is 18.2 Å². The minimum Gasteiger partial charge on any atom is -0.381 e. The second-order valence-corrected chi connectivity index (χ2v) is 8.81. The van der Waals surface area contributed by atoms with Gasteiger partial charge in [0.1, 0.15) is 0 Å². The molecule has 2 N–H and O–H groups in total. The van der Waals surface area contributed by atoms with Crippen LogP contribution in [0.5, 0.6) is 0 Å². The zero-order chi connectivity index (χ0) is 15.7. The van der Waals surface area contributed by atoms with Crippen molar-refractivity contribution in [3.63, 3.8) is 0 Å². The molecule has 1 aromatic rings. The number of hydrogen-bond donors (Lipinski definition) is 2. The van der Waals surface area contributed by atoms with Crippen LogP contribution in [0.15, 0.2) is 18.2 Å². The Hall–Kier alpha value is -0.940. The lowest BCUT2D eigenvalue weighted by Gasteiger charge is -2.35. The maximum Gasteiger partial charge on any atom is 0.229 e.